The molecular weight excluding hydrogens is 246 g/mol. The van der Waals surface area contributed by atoms with Crippen LogP contribution >= 0.6 is 11.3 Å². The van der Waals surface area contributed by atoms with Crippen LogP contribution in [0.25, 0.3) is 0 Å². The van der Waals surface area contributed by atoms with Crippen molar-refractivity contribution in [3.8, 4) is 0 Å². The molecule has 0 radical (unpaired) electrons. The molecule has 1 rings (SSSR count). The Labute approximate surface area is 100 Å². The second-order valence-corrected chi connectivity index (χ2v) is 4.07. The smallest absolute Gasteiger partial charge is 0.360 e. The molecule has 0 bridgehead atoms. The molecule has 0 saturated carbocycles. The van der Waals surface area contributed by atoms with Gasteiger partial charge in [-0.15, -0.1) is 11.3 Å². The quantitative estimate of drug-likeness (QED) is 0.451. The summed E-state index contributed by atoms with van der Waals surface area (Å²) >= 11 is 1.10. The van der Waals surface area contributed by atoms with Crippen LogP contribution in [-0.4, -0.2) is 34.3 Å². The van der Waals surface area contributed by atoms with Gasteiger partial charge in [0.25, 0.3) is 0 Å². The fourth-order valence-electron chi connectivity index (χ4n) is 0.876. The van der Waals surface area contributed by atoms with E-state index < -0.39 is 5.97 Å². The van der Waals surface area contributed by atoms with E-state index in [0.29, 0.717) is 11.2 Å². The predicted octanol–water partition coefficient (Wildman–Crippen LogP) is 0.347. The van der Waals surface area contributed by atoms with Crippen LogP contribution in [0.5, 0.6) is 0 Å². The molecule has 0 aliphatic carbocycles. The van der Waals surface area contributed by atoms with Gasteiger partial charge in [0.2, 0.25) is 12.1 Å². The molecule has 92 valence electrons. The van der Waals surface area contributed by atoms with Crippen LogP contribution in [0, 0.1) is 0 Å². The number of hydrogen-bond acceptors (Lipinski definition) is 5. The van der Waals surface area contributed by atoms with Gasteiger partial charge in [-0.05, 0) is 13.8 Å². The van der Waals surface area contributed by atoms with Crippen molar-refractivity contribution in [3.05, 3.63) is 15.9 Å². The number of H-pyrrole nitrogens is 1. The summed E-state index contributed by atoms with van der Waals surface area (Å²) in [6, 6.07) is 0. The van der Waals surface area contributed by atoms with Crippen molar-refractivity contribution >= 4 is 29.4 Å². The van der Waals surface area contributed by atoms with Gasteiger partial charge >= 0.3 is 5.97 Å². The number of oxime groups is 1. The average molecular weight is 257 g/mol. The Morgan fingerprint density at radius 2 is 2.35 bits per heavy atom. The molecule has 0 aliphatic rings. The maximum Gasteiger partial charge on any atom is 0.360 e. The lowest BCUT2D eigenvalue weighted by Gasteiger charge is -2.03. The predicted molar refractivity (Wildman–Crippen MR) is 60.7 cm³/mol. The molecule has 0 aromatic carbocycles. The summed E-state index contributed by atoms with van der Waals surface area (Å²) < 4.78 is 0. The molecule has 0 fully saturated rings. The van der Waals surface area contributed by atoms with E-state index >= 15 is 0 Å². The Morgan fingerprint density at radius 3 is 2.88 bits per heavy atom. The Kier molecular flexibility index (Phi) is 4.58. The van der Waals surface area contributed by atoms with E-state index in [1.54, 1.807) is 13.8 Å². The van der Waals surface area contributed by atoms with Crippen LogP contribution < -0.4 is 4.80 Å². The lowest BCUT2D eigenvalue weighted by molar-refractivity contribution is -0.129. The number of carbonyl (C=O) groups excluding carboxylic acids is 1. The number of carbonyl (C=O) groups is 2. The molecule has 17 heavy (non-hydrogen) atoms. The summed E-state index contributed by atoms with van der Waals surface area (Å²) in [5, 5.41) is 14.0. The topological polar surface area (TPSA) is 104 Å². The minimum atomic E-state index is -1.22. The van der Waals surface area contributed by atoms with Crippen molar-refractivity contribution < 1.29 is 19.5 Å². The lowest BCUT2D eigenvalue weighted by atomic mass is 10.3. The zero-order valence-electron chi connectivity index (χ0n) is 9.21. The molecule has 0 spiro atoms. The molecule has 0 aliphatic heterocycles. The monoisotopic (exact) mass is 257 g/mol. The Balaban J connectivity index is 3.06. The van der Waals surface area contributed by atoms with Gasteiger partial charge in [-0.1, -0.05) is 5.16 Å². The van der Waals surface area contributed by atoms with Gasteiger partial charge in [-0.25, -0.2) is 4.79 Å². The van der Waals surface area contributed by atoms with E-state index in [2.05, 4.69) is 15.1 Å². The number of hydrogen-bond donors (Lipinski definition) is 2. The first-order chi connectivity index (χ1) is 8.04. The maximum absolute atomic E-state index is 11.0. The molecule has 0 unspecified atom stereocenters. The highest BCUT2D eigenvalue weighted by atomic mass is 32.1. The van der Waals surface area contributed by atoms with Gasteiger partial charge < -0.3 is 14.9 Å². The van der Waals surface area contributed by atoms with Crippen molar-refractivity contribution in [3.63, 3.8) is 0 Å². The number of amides is 1. The first kappa shape index (κ1) is 13.1. The third kappa shape index (κ3) is 3.83. The van der Waals surface area contributed by atoms with Crippen LogP contribution in [0.2, 0.25) is 0 Å². The summed E-state index contributed by atoms with van der Waals surface area (Å²) in [6.07, 6.45) is 0.149. The molecule has 7 nitrogen and oxygen atoms in total. The van der Waals surface area contributed by atoms with Gasteiger partial charge in [0.15, 0.2) is 4.80 Å². The Morgan fingerprint density at radius 1 is 1.65 bits per heavy atom. The minimum absolute atomic E-state index is 0.220. The van der Waals surface area contributed by atoms with Crippen molar-refractivity contribution in [1.29, 1.82) is 0 Å². The lowest BCUT2D eigenvalue weighted by Crippen LogP contribution is -2.17. The number of carboxylic acids is 1. The van der Waals surface area contributed by atoms with Crippen molar-refractivity contribution in [2.75, 3.05) is 0 Å². The first-order valence-electron chi connectivity index (χ1n) is 4.67. The number of thiazole rings is 1. The van der Waals surface area contributed by atoms with Gasteiger partial charge in [-0.2, -0.15) is 4.99 Å². The molecular formula is C9H11N3O4S. The van der Waals surface area contributed by atoms with E-state index in [9.17, 15) is 9.59 Å². The summed E-state index contributed by atoms with van der Waals surface area (Å²) in [4.78, 5) is 32.4. The van der Waals surface area contributed by atoms with Crippen molar-refractivity contribution in [2.45, 2.75) is 20.0 Å². The van der Waals surface area contributed by atoms with E-state index in [4.69, 9.17) is 9.94 Å². The molecule has 2 N–H and O–H groups in total. The summed E-state index contributed by atoms with van der Waals surface area (Å²) in [6.45, 7) is 3.46. The third-order valence-corrected chi connectivity index (χ3v) is 2.30. The molecule has 8 heteroatoms. The van der Waals surface area contributed by atoms with E-state index in [1.807, 2.05) is 0 Å². The molecule has 1 aromatic heterocycles. The molecule has 1 heterocycles. The number of aliphatic carboxylic acids is 1. The van der Waals surface area contributed by atoms with E-state index in [0.717, 1.165) is 11.3 Å². The first-order valence-corrected chi connectivity index (χ1v) is 5.55. The van der Waals surface area contributed by atoms with E-state index in [1.165, 1.54) is 5.38 Å². The van der Waals surface area contributed by atoms with Gasteiger partial charge in [0.05, 0.1) is 5.69 Å². The standard InChI is InChI=1S/C9H11N3O4S/c1-5(2)16-12-7(8(14)15)6-3-17-9(11-6)10-4-13/h3-5H,1-2H3,(H,14,15)(H,10,11,13). The molecule has 0 saturated heterocycles. The second-order valence-electron chi connectivity index (χ2n) is 3.21. The number of aromatic nitrogens is 1. The van der Waals surface area contributed by atoms with Gasteiger partial charge in [0, 0.05) is 5.38 Å². The number of rotatable bonds is 5. The second kappa shape index (κ2) is 5.94. The number of nitrogens with one attached hydrogen (secondary N) is 1. The summed E-state index contributed by atoms with van der Waals surface area (Å²) in [5.41, 5.74) is -0.0222. The highest BCUT2D eigenvalue weighted by Crippen LogP contribution is 2.01. The van der Waals surface area contributed by atoms with Crippen molar-refractivity contribution in [1.82, 2.24) is 4.98 Å². The largest absolute Gasteiger partial charge is 0.476 e. The normalized spacial score (nSPS) is 12.9. The van der Waals surface area contributed by atoms with Gasteiger partial charge in [-0.3, -0.25) is 4.79 Å². The van der Waals surface area contributed by atoms with Crippen LogP contribution in [0.4, 0.5) is 0 Å². The SMILES string of the molecule is CC(C)ON=C(C(=O)O)c1csc(=NC=O)[nH]1. The van der Waals surface area contributed by atoms with Crippen LogP contribution in [-0.2, 0) is 14.4 Å². The van der Waals surface area contributed by atoms with Gasteiger partial charge in [0.1, 0.15) is 6.10 Å². The van der Waals surface area contributed by atoms with Crippen LogP contribution in [0.15, 0.2) is 15.5 Å². The Hall–Kier alpha value is -1.96. The summed E-state index contributed by atoms with van der Waals surface area (Å²) in [7, 11) is 0. The molecule has 1 aromatic rings. The van der Waals surface area contributed by atoms with Crippen molar-refractivity contribution in [2.24, 2.45) is 10.1 Å². The zero-order chi connectivity index (χ0) is 12.8. The number of carboxylic acid groups (broad SMARTS) is 1. The number of aromatic amines is 1. The molecule has 0 atom stereocenters. The number of nitrogens with zero attached hydrogens (tertiary/aromatic N) is 2. The highest BCUT2D eigenvalue weighted by Gasteiger charge is 2.15. The summed E-state index contributed by atoms with van der Waals surface area (Å²) in [5.74, 6) is -1.22. The molecule has 1 amide bonds. The fraction of sp³-hybridized carbons (Fsp3) is 0.333. The zero-order valence-corrected chi connectivity index (χ0v) is 10.0. The average Bonchev–Trinajstić information content (AvgIpc) is 2.66. The minimum Gasteiger partial charge on any atom is -0.476 e. The van der Waals surface area contributed by atoms with Crippen LogP contribution in [0.3, 0.4) is 0 Å². The Bertz CT molecular complexity index is 500. The van der Waals surface area contributed by atoms with Crippen LogP contribution in [0.1, 0.15) is 19.5 Å². The van der Waals surface area contributed by atoms with E-state index in [-0.39, 0.29) is 17.5 Å². The maximum atomic E-state index is 11.0. The highest BCUT2D eigenvalue weighted by molar-refractivity contribution is 7.07. The third-order valence-electron chi connectivity index (χ3n) is 1.51. The fourth-order valence-corrected chi connectivity index (χ4v) is 1.55.